The zero-order chi connectivity index (χ0) is 15.4. The van der Waals surface area contributed by atoms with Crippen molar-refractivity contribution in [3.05, 3.63) is 65.8 Å². The third kappa shape index (κ3) is 2.99. The molecule has 1 atom stereocenters. The highest BCUT2D eigenvalue weighted by Crippen LogP contribution is 2.32. The maximum Gasteiger partial charge on any atom is 0.182 e. The van der Waals surface area contributed by atoms with E-state index in [9.17, 15) is 5.11 Å². The van der Waals surface area contributed by atoms with Crippen molar-refractivity contribution >= 4 is 16.5 Å². The molecule has 0 saturated heterocycles. The molecule has 2 aromatic rings. The van der Waals surface area contributed by atoms with Gasteiger partial charge in [0.1, 0.15) is 0 Å². The number of allylic oxidation sites excluding steroid dienone is 2. The molecule has 110 valence electrons. The predicted molar refractivity (Wildman–Crippen MR) is 87.5 cm³/mol. The van der Waals surface area contributed by atoms with Crippen molar-refractivity contribution in [2.75, 3.05) is 6.61 Å². The monoisotopic (exact) mass is 283 g/mol. The minimum Gasteiger partial charge on any atom is -0.398 e. The Bertz CT molecular complexity index is 689. The van der Waals surface area contributed by atoms with Gasteiger partial charge in [0.2, 0.25) is 0 Å². The predicted octanol–water partition coefficient (Wildman–Crippen LogP) is 3.74. The van der Waals surface area contributed by atoms with Crippen LogP contribution in [0.15, 0.2) is 54.6 Å². The second kappa shape index (κ2) is 6.57. The summed E-state index contributed by atoms with van der Waals surface area (Å²) >= 11 is 0. The fraction of sp³-hybridized carbons (Fsp3) is 0.222. The van der Waals surface area contributed by atoms with Gasteiger partial charge in [-0.2, -0.15) is 0 Å². The Balaban J connectivity index is 2.76. The van der Waals surface area contributed by atoms with Crippen molar-refractivity contribution in [1.82, 2.24) is 0 Å². The van der Waals surface area contributed by atoms with Gasteiger partial charge >= 0.3 is 0 Å². The number of hydrogen-bond acceptors (Lipinski definition) is 3. The summed E-state index contributed by atoms with van der Waals surface area (Å²) in [7, 11) is 0. The Hall–Kier alpha value is -2.10. The topological polar surface area (TPSA) is 55.5 Å². The lowest BCUT2D eigenvalue weighted by Crippen LogP contribution is -2.10. The van der Waals surface area contributed by atoms with Crippen molar-refractivity contribution in [2.45, 2.75) is 20.1 Å². The SMILES string of the molecule is C=C/C(C)=C(/N)c1ccc2ccccc2c1C(O)OCC. The van der Waals surface area contributed by atoms with Gasteiger partial charge < -0.3 is 15.6 Å². The summed E-state index contributed by atoms with van der Waals surface area (Å²) in [6, 6.07) is 11.8. The van der Waals surface area contributed by atoms with Gasteiger partial charge in [-0.1, -0.05) is 49.1 Å². The quantitative estimate of drug-likeness (QED) is 0.649. The molecule has 0 saturated carbocycles. The van der Waals surface area contributed by atoms with Gasteiger partial charge in [-0.05, 0) is 30.2 Å². The molecule has 3 heteroatoms. The molecular weight excluding hydrogens is 262 g/mol. The van der Waals surface area contributed by atoms with Crippen molar-refractivity contribution in [1.29, 1.82) is 0 Å². The summed E-state index contributed by atoms with van der Waals surface area (Å²) in [6.45, 7) is 7.92. The summed E-state index contributed by atoms with van der Waals surface area (Å²) < 4.78 is 5.39. The minimum atomic E-state index is -1.01. The smallest absolute Gasteiger partial charge is 0.182 e. The molecule has 0 amide bonds. The zero-order valence-electron chi connectivity index (χ0n) is 12.5. The Labute approximate surface area is 125 Å². The van der Waals surface area contributed by atoms with Crippen LogP contribution in [-0.2, 0) is 4.74 Å². The molecule has 0 aliphatic carbocycles. The van der Waals surface area contributed by atoms with Gasteiger partial charge in [0.05, 0.1) is 0 Å². The minimum absolute atomic E-state index is 0.424. The average Bonchev–Trinajstić information content (AvgIpc) is 2.52. The third-order valence-electron chi connectivity index (χ3n) is 3.56. The number of hydrogen-bond donors (Lipinski definition) is 2. The van der Waals surface area contributed by atoms with E-state index in [0.717, 1.165) is 21.9 Å². The number of ether oxygens (including phenoxy) is 1. The first kappa shape index (κ1) is 15.3. The van der Waals surface area contributed by atoms with E-state index in [4.69, 9.17) is 10.5 Å². The molecule has 0 aliphatic rings. The lowest BCUT2D eigenvalue weighted by Gasteiger charge is -2.19. The lowest BCUT2D eigenvalue weighted by atomic mass is 9.95. The molecule has 3 N–H and O–H groups in total. The van der Waals surface area contributed by atoms with Crippen molar-refractivity contribution in [2.24, 2.45) is 5.73 Å². The number of benzene rings is 2. The lowest BCUT2D eigenvalue weighted by molar-refractivity contribution is -0.0971. The largest absolute Gasteiger partial charge is 0.398 e. The Morgan fingerprint density at radius 3 is 2.71 bits per heavy atom. The van der Waals surface area contributed by atoms with E-state index in [1.54, 1.807) is 6.08 Å². The van der Waals surface area contributed by atoms with E-state index >= 15 is 0 Å². The van der Waals surface area contributed by atoms with E-state index in [0.29, 0.717) is 17.9 Å². The standard InChI is InChI=1S/C18H21NO2/c1-4-12(3)17(19)15-11-10-13-8-6-7-9-14(13)16(15)18(20)21-5-2/h4,6-11,18,20H,1,5,19H2,2-3H3/b17-12+. The zero-order valence-corrected chi connectivity index (χ0v) is 12.5. The first-order valence-electron chi connectivity index (χ1n) is 7.00. The van der Waals surface area contributed by atoms with Gasteiger partial charge in [0, 0.05) is 23.4 Å². The molecule has 0 radical (unpaired) electrons. The molecule has 2 rings (SSSR count). The van der Waals surface area contributed by atoms with Crippen molar-refractivity contribution in [3.63, 3.8) is 0 Å². The van der Waals surface area contributed by atoms with Crippen molar-refractivity contribution < 1.29 is 9.84 Å². The molecule has 0 aliphatic heterocycles. The number of rotatable bonds is 5. The van der Waals surface area contributed by atoms with Gasteiger partial charge in [0.25, 0.3) is 0 Å². The molecule has 0 spiro atoms. The van der Waals surface area contributed by atoms with Gasteiger partial charge in [-0.15, -0.1) is 0 Å². The van der Waals surface area contributed by atoms with Crippen LogP contribution >= 0.6 is 0 Å². The first-order chi connectivity index (χ1) is 10.1. The van der Waals surface area contributed by atoms with Crippen LogP contribution in [0.4, 0.5) is 0 Å². The van der Waals surface area contributed by atoms with Crippen LogP contribution in [0, 0.1) is 0 Å². The average molecular weight is 283 g/mol. The third-order valence-corrected chi connectivity index (χ3v) is 3.56. The van der Waals surface area contributed by atoms with Crippen molar-refractivity contribution in [3.8, 4) is 0 Å². The van der Waals surface area contributed by atoms with Gasteiger partial charge in [0.15, 0.2) is 6.29 Å². The van der Waals surface area contributed by atoms with Crippen LogP contribution in [0.1, 0.15) is 31.3 Å². The molecule has 1 unspecified atom stereocenters. The van der Waals surface area contributed by atoms with Crippen LogP contribution in [0.5, 0.6) is 0 Å². The van der Waals surface area contributed by atoms with Gasteiger partial charge in [-0.3, -0.25) is 0 Å². The van der Waals surface area contributed by atoms with E-state index in [-0.39, 0.29) is 0 Å². The highest BCUT2D eigenvalue weighted by molar-refractivity contribution is 5.90. The van der Waals surface area contributed by atoms with Crippen LogP contribution in [-0.4, -0.2) is 11.7 Å². The molecule has 0 bridgehead atoms. The van der Waals surface area contributed by atoms with Crippen LogP contribution in [0.3, 0.4) is 0 Å². The summed E-state index contributed by atoms with van der Waals surface area (Å²) in [5.74, 6) is 0. The summed E-state index contributed by atoms with van der Waals surface area (Å²) in [6.07, 6.45) is 0.703. The van der Waals surface area contributed by atoms with Crippen LogP contribution in [0.25, 0.3) is 16.5 Å². The molecule has 0 heterocycles. The van der Waals surface area contributed by atoms with Gasteiger partial charge in [-0.25, -0.2) is 0 Å². The summed E-state index contributed by atoms with van der Waals surface area (Å²) in [5.41, 5.74) is 9.18. The Morgan fingerprint density at radius 1 is 1.33 bits per heavy atom. The molecule has 3 nitrogen and oxygen atoms in total. The molecule has 0 aromatic heterocycles. The molecular formula is C18H21NO2. The Morgan fingerprint density at radius 2 is 2.05 bits per heavy atom. The number of aliphatic hydroxyl groups excluding tert-OH is 1. The fourth-order valence-electron chi connectivity index (χ4n) is 2.36. The Kier molecular flexibility index (Phi) is 4.78. The second-order valence-electron chi connectivity index (χ2n) is 4.86. The summed E-state index contributed by atoms with van der Waals surface area (Å²) in [4.78, 5) is 0. The molecule has 0 fully saturated rings. The number of aliphatic hydroxyl groups is 1. The normalized spacial score (nSPS) is 13.9. The summed E-state index contributed by atoms with van der Waals surface area (Å²) in [5, 5.41) is 12.4. The van der Waals surface area contributed by atoms with Crippen LogP contribution in [0.2, 0.25) is 0 Å². The van der Waals surface area contributed by atoms with E-state index in [1.807, 2.05) is 50.2 Å². The van der Waals surface area contributed by atoms with Crippen LogP contribution < -0.4 is 5.73 Å². The first-order valence-corrected chi connectivity index (χ1v) is 7.00. The van der Waals surface area contributed by atoms with E-state index < -0.39 is 6.29 Å². The second-order valence-corrected chi connectivity index (χ2v) is 4.86. The number of nitrogens with two attached hydrogens (primary N) is 1. The molecule has 2 aromatic carbocycles. The highest BCUT2D eigenvalue weighted by atomic mass is 16.6. The number of fused-ring (bicyclic) bond motifs is 1. The highest BCUT2D eigenvalue weighted by Gasteiger charge is 2.18. The van der Waals surface area contributed by atoms with E-state index in [1.165, 1.54) is 0 Å². The maximum atomic E-state index is 10.4. The maximum absolute atomic E-state index is 10.4. The molecule has 21 heavy (non-hydrogen) atoms. The van der Waals surface area contributed by atoms with E-state index in [2.05, 4.69) is 6.58 Å². The fourth-order valence-corrected chi connectivity index (χ4v) is 2.36.